The van der Waals surface area contributed by atoms with Crippen molar-refractivity contribution in [2.24, 2.45) is 0 Å². The summed E-state index contributed by atoms with van der Waals surface area (Å²) in [6.07, 6.45) is 0.750. The van der Waals surface area contributed by atoms with E-state index in [1.165, 1.54) is 25.3 Å². The van der Waals surface area contributed by atoms with Gasteiger partial charge < -0.3 is 10.1 Å². The molecule has 1 atom stereocenters. The second-order valence-corrected chi connectivity index (χ2v) is 4.73. The summed E-state index contributed by atoms with van der Waals surface area (Å²) in [7, 11) is 1.43. The molecule has 0 saturated heterocycles. The predicted molar refractivity (Wildman–Crippen MR) is 76.1 cm³/mol. The summed E-state index contributed by atoms with van der Waals surface area (Å²) in [4.78, 5) is 0. The van der Waals surface area contributed by atoms with Crippen LogP contribution in [0.1, 0.15) is 12.5 Å². The fourth-order valence-electron chi connectivity index (χ4n) is 2.06. The maximum Gasteiger partial charge on any atom is 0.165 e. The maximum absolute atomic E-state index is 13.3. The number of anilines is 1. The van der Waals surface area contributed by atoms with Gasteiger partial charge in [-0.3, -0.25) is 0 Å². The predicted octanol–water partition coefficient (Wildman–Crippen LogP) is 4.02. The van der Waals surface area contributed by atoms with Gasteiger partial charge in [0.15, 0.2) is 11.6 Å². The molecular weight excluding hydrogens is 260 g/mol. The van der Waals surface area contributed by atoms with E-state index in [1.54, 1.807) is 24.3 Å². The molecule has 20 heavy (non-hydrogen) atoms. The lowest BCUT2D eigenvalue weighted by atomic mass is 10.1. The first-order valence-corrected chi connectivity index (χ1v) is 6.43. The van der Waals surface area contributed by atoms with E-state index >= 15 is 0 Å². The van der Waals surface area contributed by atoms with E-state index in [9.17, 15) is 8.78 Å². The van der Waals surface area contributed by atoms with Crippen molar-refractivity contribution in [1.29, 1.82) is 0 Å². The topological polar surface area (TPSA) is 21.3 Å². The summed E-state index contributed by atoms with van der Waals surface area (Å²) in [5.74, 6) is -0.411. The van der Waals surface area contributed by atoms with Gasteiger partial charge >= 0.3 is 0 Å². The summed E-state index contributed by atoms with van der Waals surface area (Å²) in [6.45, 7) is 2.01. The van der Waals surface area contributed by atoms with Crippen LogP contribution in [0.3, 0.4) is 0 Å². The van der Waals surface area contributed by atoms with Crippen LogP contribution in [0.4, 0.5) is 14.5 Å². The first kappa shape index (κ1) is 14.3. The van der Waals surface area contributed by atoms with Crippen LogP contribution in [-0.4, -0.2) is 13.2 Å². The van der Waals surface area contributed by atoms with Crippen LogP contribution in [0.2, 0.25) is 0 Å². The summed E-state index contributed by atoms with van der Waals surface area (Å²) >= 11 is 0. The summed E-state index contributed by atoms with van der Waals surface area (Å²) in [6, 6.07) is 11.2. The molecular formula is C16H17F2NO. The Morgan fingerprint density at radius 2 is 1.80 bits per heavy atom. The number of nitrogens with one attached hydrogen (secondary N) is 1. The Kier molecular flexibility index (Phi) is 4.56. The standard InChI is InChI=1S/C16H17F2NO/c1-11(9-12-3-5-13(17)6-4-12)19-14-7-8-15(18)16(10-14)20-2/h3-8,10-11,19H,9H2,1-2H3. The van der Waals surface area contributed by atoms with Crippen molar-refractivity contribution in [2.75, 3.05) is 12.4 Å². The van der Waals surface area contributed by atoms with Crippen molar-refractivity contribution >= 4 is 5.69 Å². The van der Waals surface area contributed by atoms with E-state index in [-0.39, 0.29) is 23.4 Å². The van der Waals surface area contributed by atoms with Crippen LogP contribution in [0.25, 0.3) is 0 Å². The SMILES string of the molecule is COc1cc(NC(C)Cc2ccc(F)cc2)ccc1F. The van der Waals surface area contributed by atoms with Crippen LogP contribution < -0.4 is 10.1 Å². The van der Waals surface area contributed by atoms with Gasteiger partial charge in [0.1, 0.15) is 5.82 Å². The lowest BCUT2D eigenvalue weighted by Gasteiger charge is -2.16. The third kappa shape index (κ3) is 3.70. The van der Waals surface area contributed by atoms with Gasteiger partial charge in [-0.25, -0.2) is 8.78 Å². The van der Waals surface area contributed by atoms with E-state index in [1.807, 2.05) is 6.92 Å². The van der Waals surface area contributed by atoms with Crippen molar-refractivity contribution < 1.29 is 13.5 Å². The van der Waals surface area contributed by atoms with Crippen molar-refractivity contribution in [2.45, 2.75) is 19.4 Å². The number of rotatable bonds is 5. The van der Waals surface area contributed by atoms with Crippen LogP contribution >= 0.6 is 0 Å². The zero-order valence-corrected chi connectivity index (χ0v) is 11.5. The molecule has 4 heteroatoms. The fourth-order valence-corrected chi connectivity index (χ4v) is 2.06. The molecule has 0 aromatic heterocycles. The van der Waals surface area contributed by atoms with Gasteiger partial charge in [0.05, 0.1) is 7.11 Å². The van der Waals surface area contributed by atoms with E-state index < -0.39 is 0 Å². The van der Waals surface area contributed by atoms with Gasteiger partial charge in [-0.05, 0) is 43.2 Å². The van der Waals surface area contributed by atoms with Crippen LogP contribution in [0, 0.1) is 11.6 Å². The molecule has 1 unspecified atom stereocenters. The quantitative estimate of drug-likeness (QED) is 0.891. The molecule has 106 valence electrons. The number of halogens is 2. The van der Waals surface area contributed by atoms with Crippen LogP contribution in [0.5, 0.6) is 5.75 Å². The number of ether oxygens (including phenoxy) is 1. The monoisotopic (exact) mass is 277 g/mol. The fraction of sp³-hybridized carbons (Fsp3) is 0.250. The van der Waals surface area contributed by atoms with Crippen molar-refractivity contribution in [3.05, 3.63) is 59.7 Å². The van der Waals surface area contributed by atoms with E-state index in [2.05, 4.69) is 5.32 Å². The molecule has 1 N–H and O–H groups in total. The minimum atomic E-state index is -0.385. The first-order chi connectivity index (χ1) is 9.58. The number of benzene rings is 2. The Morgan fingerprint density at radius 1 is 1.10 bits per heavy atom. The summed E-state index contributed by atoms with van der Waals surface area (Å²) in [5.41, 5.74) is 1.83. The lowest BCUT2D eigenvalue weighted by Crippen LogP contribution is -2.18. The Hall–Kier alpha value is -2.10. The molecule has 2 rings (SSSR count). The second kappa shape index (κ2) is 6.37. The molecule has 0 aliphatic heterocycles. The number of hydrogen-bond donors (Lipinski definition) is 1. The van der Waals surface area contributed by atoms with Gasteiger partial charge in [0, 0.05) is 17.8 Å². The Bertz CT molecular complexity index is 569. The highest BCUT2D eigenvalue weighted by Gasteiger charge is 2.07. The first-order valence-electron chi connectivity index (χ1n) is 6.43. The lowest BCUT2D eigenvalue weighted by molar-refractivity contribution is 0.387. The highest BCUT2D eigenvalue weighted by molar-refractivity contribution is 5.49. The third-order valence-electron chi connectivity index (χ3n) is 3.02. The van der Waals surface area contributed by atoms with Gasteiger partial charge in [0.2, 0.25) is 0 Å². The smallest absolute Gasteiger partial charge is 0.165 e. The summed E-state index contributed by atoms with van der Waals surface area (Å²) in [5, 5.41) is 3.27. The third-order valence-corrected chi connectivity index (χ3v) is 3.02. The minimum absolute atomic E-state index is 0.135. The van der Waals surface area contributed by atoms with Crippen molar-refractivity contribution in [1.82, 2.24) is 0 Å². The average molecular weight is 277 g/mol. The molecule has 0 fully saturated rings. The van der Waals surface area contributed by atoms with Gasteiger partial charge in [-0.2, -0.15) is 0 Å². The number of methoxy groups -OCH3 is 1. The van der Waals surface area contributed by atoms with Gasteiger partial charge in [-0.15, -0.1) is 0 Å². The Morgan fingerprint density at radius 3 is 2.45 bits per heavy atom. The second-order valence-electron chi connectivity index (χ2n) is 4.73. The molecule has 2 aromatic rings. The van der Waals surface area contributed by atoms with Gasteiger partial charge in [0.25, 0.3) is 0 Å². The van der Waals surface area contributed by atoms with Crippen molar-refractivity contribution in [3.63, 3.8) is 0 Å². The Labute approximate surface area is 117 Å². The molecule has 0 spiro atoms. The van der Waals surface area contributed by atoms with E-state index in [0.29, 0.717) is 0 Å². The van der Waals surface area contributed by atoms with Gasteiger partial charge in [-0.1, -0.05) is 12.1 Å². The molecule has 0 heterocycles. The summed E-state index contributed by atoms with van der Waals surface area (Å²) < 4.78 is 31.1. The molecule has 2 aromatic carbocycles. The van der Waals surface area contributed by atoms with Crippen molar-refractivity contribution in [3.8, 4) is 5.75 Å². The van der Waals surface area contributed by atoms with E-state index in [4.69, 9.17) is 4.74 Å². The maximum atomic E-state index is 13.3. The van der Waals surface area contributed by atoms with Crippen LogP contribution in [-0.2, 0) is 6.42 Å². The highest BCUT2D eigenvalue weighted by Crippen LogP contribution is 2.22. The van der Waals surface area contributed by atoms with Crippen LogP contribution in [0.15, 0.2) is 42.5 Å². The van der Waals surface area contributed by atoms with E-state index in [0.717, 1.165) is 17.7 Å². The highest BCUT2D eigenvalue weighted by atomic mass is 19.1. The zero-order chi connectivity index (χ0) is 14.5. The molecule has 0 saturated carbocycles. The molecule has 0 aliphatic rings. The molecule has 0 radical (unpaired) electrons. The molecule has 0 amide bonds. The Balaban J connectivity index is 2.00. The molecule has 0 bridgehead atoms. The normalized spacial score (nSPS) is 12.0. The molecule has 0 aliphatic carbocycles. The largest absolute Gasteiger partial charge is 0.494 e. The molecule has 2 nitrogen and oxygen atoms in total. The minimum Gasteiger partial charge on any atom is -0.494 e. The number of hydrogen-bond acceptors (Lipinski definition) is 2. The average Bonchev–Trinajstić information content (AvgIpc) is 2.43. The zero-order valence-electron chi connectivity index (χ0n) is 11.5.